The topological polar surface area (TPSA) is 35.0 Å². The highest BCUT2D eigenvalue weighted by Crippen LogP contribution is 2.34. The van der Waals surface area contributed by atoms with Crippen molar-refractivity contribution in [1.29, 1.82) is 0 Å². The van der Waals surface area contributed by atoms with Crippen LogP contribution in [-0.4, -0.2) is 16.6 Å². The van der Waals surface area contributed by atoms with Crippen LogP contribution < -0.4 is 4.74 Å². The quantitative estimate of drug-likeness (QED) is 0.279. The molecule has 1 heterocycles. The third-order valence-corrected chi connectivity index (χ3v) is 7.11. The van der Waals surface area contributed by atoms with Crippen LogP contribution in [-0.2, 0) is 6.42 Å². The molecular formula is C29H44N2O. The largest absolute Gasteiger partial charge is 0.494 e. The number of hydrogen-bond acceptors (Lipinski definition) is 3. The molecule has 2 aromatic rings. The van der Waals surface area contributed by atoms with E-state index in [9.17, 15) is 0 Å². The molecule has 32 heavy (non-hydrogen) atoms. The lowest BCUT2D eigenvalue weighted by Gasteiger charge is -2.28. The van der Waals surface area contributed by atoms with E-state index < -0.39 is 0 Å². The highest BCUT2D eigenvalue weighted by Gasteiger charge is 2.20. The fourth-order valence-corrected chi connectivity index (χ4v) is 4.90. The predicted molar refractivity (Wildman–Crippen MR) is 135 cm³/mol. The molecule has 0 spiro atoms. The van der Waals surface area contributed by atoms with Crippen molar-refractivity contribution in [3.8, 4) is 17.1 Å². The summed E-state index contributed by atoms with van der Waals surface area (Å²) in [6, 6.07) is 8.21. The van der Waals surface area contributed by atoms with Gasteiger partial charge in [-0.2, -0.15) is 0 Å². The SMILES string of the molecule is CCCCCCCOc1ccc(-c2ncc(CCC3CCC(CCCC)CC3)cn2)cc1. The number of aryl methyl sites for hydroxylation is 1. The molecule has 0 saturated heterocycles. The number of ether oxygens (including phenoxy) is 1. The van der Waals surface area contributed by atoms with Gasteiger partial charge < -0.3 is 4.74 Å². The van der Waals surface area contributed by atoms with Crippen LogP contribution in [0.1, 0.15) is 103 Å². The molecule has 3 heteroatoms. The van der Waals surface area contributed by atoms with Crippen molar-refractivity contribution < 1.29 is 4.74 Å². The van der Waals surface area contributed by atoms with E-state index in [0.29, 0.717) is 0 Å². The summed E-state index contributed by atoms with van der Waals surface area (Å²) in [6.07, 6.45) is 22.7. The first-order valence-electron chi connectivity index (χ1n) is 13.3. The van der Waals surface area contributed by atoms with Crippen LogP contribution in [0.3, 0.4) is 0 Å². The molecule has 0 atom stereocenters. The molecule has 3 rings (SSSR count). The Hall–Kier alpha value is -1.90. The van der Waals surface area contributed by atoms with Crippen LogP contribution >= 0.6 is 0 Å². The standard InChI is InChI=1S/C29H44N2O/c1-3-5-7-8-9-21-32-28-19-17-27(18-20-28)29-30-22-26(23-31-29)16-15-25-13-11-24(12-14-25)10-6-4-2/h17-20,22-25H,3-16,21H2,1-2H3. The van der Waals surface area contributed by atoms with E-state index >= 15 is 0 Å². The summed E-state index contributed by atoms with van der Waals surface area (Å²) in [5.41, 5.74) is 2.32. The number of benzene rings is 1. The fourth-order valence-electron chi connectivity index (χ4n) is 4.90. The van der Waals surface area contributed by atoms with Gasteiger partial charge in [-0.1, -0.05) is 84.5 Å². The number of aromatic nitrogens is 2. The molecule has 1 saturated carbocycles. The molecule has 1 aromatic carbocycles. The van der Waals surface area contributed by atoms with E-state index in [0.717, 1.165) is 48.4 Å². The maximum Gasteiger partial charge on any atom is 0.159 e. The Morgan fingerprint density at radius 3 is 2.03 bits per heavy atom. The van der Waals surface area contributed by atoms with Gasteiger partial charge in [0, 0.05) is 18.0 Å². The number of rotatable bonds is 14. The molecule has 0 unspecified atom stereocenters. The molecule has 1 aliphatic rings. The predicted octanol–water partition coefficient (Wildman–Crippen LogP) is 8.42. The van der Waals surface area contributed by atoms with E-state index in [1.165, 1.54) is 82.6 Å². The Morgan fingerprint density at radius 1 is 0.750 bits per heavy atom. The minimum Gasteiger partial charge on any atom is -0.494 e. The first-order valence-corrected chi connectivity index (χ1v) is 13.3. The minimum atomic E-state index is 0.800. The van der Waals surface area contributed by atoms with Gasteiger partial charge in [0.15, 0.2) is 5.82 Å². The zero-order valence-corrected chi connectivity index (χ0v) is 20.5. The van der Waals surface area contributed by atoms with Crippen LogP contribution in [0.2, 0.25) is 0 Å². The highest BCUT2D eigenvalue weighted by atomic mass is 16.5. The average molecular weight is 437 g/mol. The van der Waals surface area contributed by atoms with Gasteiger partial charge in [0.1, 0.15) is 5.75 Å². The Bertz CT molecular complexity index is 733. The molecule has 3 nitrogen and oxygen atoms in total. The Kier molecular flexibility index (Phi) is 11.0. The van der Waals surface area contributed by atoms with E-state index in [4.69, 9.17) is 4.74 Å². The van der Waals surface area contributed by atoms with Crippen molar-refractivity contribution in [1.82, 2.24) is 9.97 Å². The van der Waals surface area contributed by atoms with Crippen LogP contribution in [0.15, 0.2) is 36.7 Å². The number of unbranched alkanes of at least 4 members (excludes halogenated alkanes) is 5. The van der Waals surface area contributed by atoms with E-state index in [-0.39, 0.29) is 0 Å². The maximum atomic E-state index is 5.87. The van der Waals surface area contributed by atoms with Gasteiger partial charge in [0.25, 0.3) is 0 Å². The van der Waals surface area contributed by atoms with Crippen molar-refractivity contribution in [2.24, 2.45) is 11.8 Å². The van der Waals surface area contributed by atoms with Gasteiger partial charge in [0.05, 0.1) is 6.61 Å². The van der Waals surface area contributed by atoms with Crippen molar-refractivity contribution in [2.75, 3.05) is 6.61 Å². The van der Waals surface area contributed by atoms with Crippen LogP contribution in [0.25, 0.3) is 11.4 Å². The van der Waals surface area contributed by atoms with Crippen LogP contribution in [0, 0.1) is 11.8 Å². The van der Waals surface area contributed by atoms with E-state index in [1.807, 2.05) is 24.5 Å². The molecule has 1 aliphatic carbocycles. The van der Waals surface area contributed by atoms with Gasteiger partial charge in [-0.15, -0.1) is 0 Å². The highest BCUT2D eigenvalue weighted by molar-refractivity contribution is 5.55. The molecule has 176 valence electrons. The van der Waals surface area contributed by atoms with Gasteiger partial charge >= 0.3 is 0 Å². The first kappa shape index (κ1) is 24.7. The maximum absolute atomic E-state index is 5.87. The number of hydrogen-bond donors (Lipinski definition) is 0. The van der Waals surface area contributed by atoms with Crippen LogP contribution in [0.5, 0.6) is 5.75 Å². The molecule has 0 N–H and O–H groups in total. The van der Waals surface area contributed by atoms with E-state index in [1.54, 1.807) is 0 Å². The second-order valence-corrected chi connectivity index (χ2v) is 9.77. The van der Waals surface area contributed by atoms with Crippen molar-refractivity contribution in [2.45, 2.75) is 104 Å². The molecule has 0 bridgehead atoms. The fraction of sp³-hybridized carbons (Fsp3) is 0.655. The van der Waals surface area contributed by atoms with Gasteiger partial charge in [-0.05, 0) is 60.9 Å². The summed E-state index contributed by atoms with van der Waals surface area (Å²) in [5.74, 6) is 3.63. The normalized spacial score (nSPS) is 18.6. The molecule has 1 fully saturated rings. The van der Waals surface area contributed by atoms with Crippen molar-refractivity contribution >= 4 is 0 Å². The summed E-state index contributed by atoms with van der Waals surface area (Å²) in [6.45, 7) is 5.35. The molecule has 0 radical (unpaired) electrons. The van der Waals surface area contributed by atoms with Gasteiger partial charge in [0.2, 0.25) is 0 Å². The molecular weight excluding hydrogens is 392 g/mol. The van der Waals surface area contributed by atoms with Crippen molar-refractivity contribution in [3.05, 3.63) is 42.2 Å². The third kappa shape index (κ3) is 8.56. The Morgan fingerprint density at radius 2 is 1.38 bits per heavy atom. The molecule has 0 aliphatic heterocycles. The van der Waals surface area contributed by atoms with Crippen molar-refractivity contribution in [3.63, 3.8) is 0 Å². The summed E-state index contributed by atoms with van der Waals surface area (Å²) < 4.78 is 5.87. The molecule has 1 aromatic heterocycles. The van der Waals surface area contributed by atoms with Gasteiger partial charge in [-0.25, -0.2) is 9.97 Å². The lowest BCUT2D eigenvalue weighted by atomic mass is 9.78. The van der Waals surface area contributed by atoms with E-state index in [2.05, 4.69) is 35.9 Å². The second-order valence-electron chi connectivity index (χ2n) is 9.77. The zero-order chi connectivity index (χ0) is 22.4. The zero-order valence-electron chi connectivity index (χ0n) is 20.5. The first-order chi connectivity index (χ1) is 15.8. The Labute approximate surface area is 196 Å². The summed E-state index contributed by atoms with van der Waals surface area (Å²) in [7, 11) is 0. The van der Waals surface area contributed by atoms with Gasteiger partial charge in [-0.3, -0.25) is 0 Å². The Balaban J connectivity index is 1.38. The molecule has 0 amide bonds. The monoisotopic (exact) mass is 436 g/mol. The summed E-state index contributed by atoms with van der Waals surface area (Å²) in [5, 5.41) is 0. The smallest absolute Gasteiger partial charge is 0.159 e. The second kappa shape index (κ2) is 14.3. The lowest BCUT2D eigenvalue weighted by Crippen LogP contribution is -2.15. The average Bonchev–Trinajstić information content (AvgIpc) is 2.85. The lowest BCUT2D eigenvalue weighted by molar-refractivity contribution is 0.250. The minimum absolute atomic E-state index is 0.800. The summed E-state index contributed by atoms with van der Waals surface area (Å²) in [4.78, 5) is 9.28. The number of nitrogens with zero attached hydrogens (tertiary/aromatic N) is 2. The summed E-state index contributed by atoms with van der Waals surface area (Å²) >= 11 is 0. The third-order valence-electron chi connectivity index (χ3n) is 7.11. The van der Waals surface area contributed by atoms with Crippen LogP contribution in [0.4, 0.5) is 0 Å².